The molecule has 1 rings (SSSR count). The Labute approximate surface area is 93.6 Å². The lowest BCUT2D eigenvalue weighted by molar-refractivity contribution is -0.119. The summed E-state index contributed by atoms with van der Waals surface area (Å²) in [5.74, 6) is 0.375. The van der Waals surface area contributed by atoms with E-state index in [9.17, 15) is 4.79 Å². The molecule has 0 radical (unpaired) electrons. The Morgan fingerprint density at radius 1 is 1.60 bits per heavy atom. The first-order valence-electron chi connectivity index (χ1n) is 4.66. The molecule has 0 unspecified atom stereocenters. The van der Waals surface area contributed by atoms with Crippen molar-refractivity contribution in [2.24, 2.45) is 7.05 Å². The van der Waals surface area contributed by atoms with Crippen molar-refractivity contribution in [1.82, 2.24) is 20.1 Å². The van der Waals surface area contributed by atoms with Crippen LogP contribution in [0.15, 0.2) is 11.5 Å². The molecule has 0 aliphatic rings. The molecular weight excluding hydrogens is 212 g/mol. The molecule has 1 aromatic heterocycles. The normalized spacial score (nSPS) is 11.5. The van der Waals surface area contributed by atoms with Crippen LogP contribution in [0.2, 0.25) is 0 Å². The van der Waals surface area contributed by atoms with E-state index in [1.54, 1.807) is 11.7 Å². The highest BCUT2D eigenvalue weighted by molar-refractivity contribution is 7.99. The molecule has 0 saturated carbocycles. The van der Waals surface area contributed by atoms with Gasteiger partial charge in [-0.05, 0) is 20.8 Å². The fourth-order valence-electron chi connectivity index (χ4n) is 1.00. The zero-order chi connectivity index (χ0) is 11.5. The van der Waals surface area contributed by atoms with E-state index in [1.165, 1.54) is 18.1 Å². The molecule has 0 aliphatic carbocycles. The predicted octanol–water partition coefficient (Wildman–Crippen LogP) is 0.822. The third kappa shape index (κ3) is 4.33. The number of nitrogens with zero attached hydrogens (tertiary/aromatic N) is 3. The van der Waals surface area contributed by atoms with E-state index in [1.807, 2.05) is 20.8 Å². The zero-order valence-corrected chi connectivity index (χ0v) is 10.3. The molecule has 0 fully saturated rings. The summed E-state index contributed by atoms with van der Waals surface area (Å²) in [6, 6.07) is 0. The van der Waals surface area contributed by atoms with Crippen LogP contribution >= 0.6 is 11.8 Å². The van der Waals surface area contributed by atoms with Crippen molar-refractivity contribution in [2.45, 2.75) is 31.5 Å². The molecule has 1 N–H and O–H groups in total. The van der Waals surface area contributed by atoms with E-state index >= 15 is 0 Å². The van der Waals surface area contributed by atoms with Gasteiger partial charge in [0.1, 0.15) is 6.33 Å². The maximum atomic E-state index is 11.5. The van der Waals surface area contributed by atoms with Crippen LogP contribution in [0.25, 0.3) is 0 Å². The Hall–Kier alpha value is -1.04. The molecule has 0 aromatic carbocycles. The van der Waals surface area contributed by atoms with Gasteiger partial charge in [0.25, 0.3) is 0 Å². The van der Waals surface area contributed by atoms with E-state index in [2.05, 4.69) is 15.4 Å². The molecule has 0 atom stereocenters. The Morgan fingerprint density at radius 2 is 2.27 bits per heavy atom. The first-order chi connectivity index (χ1) is 6.88. The van der Waals surface area contributed by atoms with Crippen molar-refractivity contribution < 1.29 is 4.79 Å². The van der Waals surface area contributed by atoms with E-state index in [0.29, 0.717) is 5.75 Å². The van der Waals surface area contributed by atoms with Crippen LogP contribution in [-0.2, 0) is 11.8 Å². The number of rotatable bonds is 3. The molecule has 1 heterocycles. The number of hydrogen-bond donors (Lipinski definition) is 1. The Balaban J connectivity index is 2.38. The van der Waals surface area contributed by atoms with Gasteiger partial charge in [-0.3, -0.25) is 4.79 Å². The first-order valence-corrected chi connectivity index (χ1v) is 5.65. The number of thioether (sulfide) groups is 1. The molecule has 84 valence electrons. The highest BCUT2D eigenvalue weighted by atomic mass is 32.2. The highest BCUT2D eigenvalue weighted by Crippen LogP contribution is 2.12. The van der Waals surface area contributed by atoms with E-state index in [-0.39, 0.29) is 11.4 Å². The highest BCUT2D eigenvalue weighted by Gasteiger charge is 2.14. The average Bonchev–Trinajstić information content (AvgIpc) is 2.44. The summed E-state index contributed by atoms with van der Waals surface area (Å²) >= 11 is 1.38. The first kappa shape index (κ1) is 12.0. The number of aryl methyl sites for hydroxylation is 1. The van der Waals surface area contributed by atoms with Crippen molar-refractivity contribution in [3.8, 4) is 0 Å². The minimum atomic E-state index is -0.183. The molecule has 5 nitrogen and oxygen atoms in total. The van der Waals surface area contributed by atoms with Gasteiger partial charge in [0, 0.05) is 12.6 Å². The van der Waals surface area contributed by atoms with Gasteiger partial charge in [0.05, 0.1) is 5.75 Å². The Morgan fingerprint density at radius 3 is 2.73 bits per heavy atom. The van der Waals surface area contributed by atoms with Gasteiger partial charge in [-0.2, -0.15) is 5.10 Å². The van der Waals surface area contributed by atoms with Crippen LogP contribution in [0, 0.1) is 0 Å². The number of hydrogen-bond acceptors (Lipinski definition) is 4. The van der Waals surface area contributed by atoms with Crippen LogP contribution in [0.3, 0.4) is 0 Å². The second-order valence-electron chi connectivity index (χ2n) is 4.25. The lowest BCUT2D eigenvalue weighted by Gasteiger charge is -2.20. The molecule has 1 amide bonds. The van der Waals surface area contributed by atoms with Gasteiger partial charge < -0.3 is 5.32 Å². The van der Waals surface area contributed by atoms with Crippen LogP contribution in [0.1, 0.15) is 20.8 Å². The summed E-state index contributed by atoms with van der Waals surface area (Å²) in [7, 11) is 1.80. The fraction of sp³-hybridized carbons (Fsp3) is 0.667. The number of carbonyl (C=O) groups is 1. The quantitative estimate of drug-likeness (QED) is 0.778. The summed E-state index contributed by atoms with van der Waals surface area (Å²) in [5.41, 5.74) is -0.183. The third-order valence-electron chi connectivity index (χ3n) is 1.52. The summed E-state index contributed by atoms with van der Waals surface area (Å²) in [5, 5.41) is 7.56. The standard InChI is InChI=1S/C9H16N4OS/c1-9(2,3)12-7(14)5-15-8-10-6-11-13(8)4/h6H,5H2,1-4H3,(H,12,14). The van der Waals surface area contributed by atoms with Gasteiger partial charge >= 0.3 is 0 Å². The summed E-state index contributed by atoms with van der Waals surface area (Å²) in [4.78, 5) is 15.5. The third-order valence-corrected chi connectivity index (χ3v) is 2.55. The maximum absolute atomic E-state index is 11.5. The molecule has 6 heteroatoms. The molecule has 1 aromatic rings. The van der Waals surface area contributed by atoms with E-state index < -0.39 is 0 Å². The van der Waals surface area contributed by atoms with Gasteiger partial charge in [0.15, 0.2) is 5.16 Å². The molecule has 15 heavy (non-hydrogen) atoms. The lowest BCUT2D eigenvalue weighted by Crippen LogP contribution is -2.41. The molecule has 0 spiro atoms. The fourth-order valence-corrected chi connectivity index (χ4v) is 1.69. The smallest absolute Gasteiger partial charge is 0.230 e. The average molecular weight is 228 g/mol. The maximum Gasteiger partial charge on any atom is 0.230 e. The topological polar surface area (TPSA) is 59.8 Å². The minimum absolute atomic E-state index is 0.00972. The summed E-state index contributed by atoms with van der Waals surface area (Å²) < 4.78 is 1.65. The number of amides is 1. The second-order valence-corrected chi connectivity index (χ2v) is 5.20. The summed E-state index contributed by atoms with van der Waals surface area (Å²) in [6.07, 6.45) is 1.48. The monoisotopic (exact) mass is 228 g/mol. The molecule has 0 bridgehead atoms. The van der Waals surface area contributed by atoms with Crippen LogP contribution in [-0.4, -0.2) is 32.0 Å². The van der Waals surface area contributed by atoms with E-state index in [4.69, 9.17) is 0 Å². The van der Waals surface area contributed by atoms with Gasteiger partial charge in [-0.15, -0.1) is 0 Å². The molecular formula is C9H16N4OS. The van der Waals surface area contributed by atoms with Crippen molar-refractivity contribution in [3.63, 3.8) is 0 Å². The van der Waals surface area contributed by atoms with Crippen LogP contribution in [0.5, 0.6) is 0 Å². The Kier molecular flexibility index (Phi) is 3.73. The van der Waals surface area contributed by atoms with Gasteiger partial charge in [0.2, 0.25) is 5.91 Å². The van der Waals surface area contributed by atoms with E-state index in [0.717, 1.165) is 5.16 Å². The largest absolute Gasteiger partial charge is 0.351 e. The van der Waals surface area contributed by atoms with Gasteiger partial charge in [-0.1, -0.05) is 11.8 Å². The Bertz CT molecular complexity index is 342. The van der Waals surface area contributed by atoms with Crippen molar-refractivity contribution in [2.75, 3.05) is 5.75 Å². The van der Waals surface area contributed by atoms with Gasteiger partial charge in [-0.25, -0.2) is 9.67 Å². The summed E-state index contributed by atoms with van der Waals surface area (Å²) in [6.45, 7) is 5.87. The minimum Gasteiger partial charge on any atom is -0.351 e. The van der Waals surface area contributed by atoms with Crippen molar-refractivity contribution >= 4 is 17.7 Å². The van der Waals surface area contributed by atoms with Crippen molar-refractivity contribution in [3.05, 3.63) is 6.33 Å². The number of carbonyl (C=O) groups excluding carboxylic acids is 1. The number of aromatic nitrogens is 3. The van der Waals surface area contributed by atoms with Crippen LogP contribution in [0.4, 0.5) is 0 Å². The SMILES string of the molecule is Cn1ncnc1SCC(=O)NC(C)(C)C. The molecule has 0 aliphatic heterocycles. The second kappa shape index (κ2) is 4.65. The van der Waals surface area contributed by atoms with Crippen LogP contribution < -0.4 is 5.32 Å². The number of nitrogens with one attached hydrogen (secondary N) is 1. The molecule has 0 saturated heterocycles. The zero-order valence-electron chi connectivity index (χ0n) is 9.44. The lowest BCUT2D eigenvalue weighted by atomic mass is 10.1. The van der Waals surface area contributed by atoms with Crippen molar-refractivity contribution in [1.29, 1.82) is 0 Å². The predicted molar refractivity (Wildman–Crippen MR) is 59.6 cm³/mol.